The van der Waals surface area contributed by atoms with Crippen molar-refractivity contribution in [2.24, 2.45) is 17.1 Å². The third-order valence-electron chi connectivity index (χ3n) is 5.35. The van der Waals surface area contributed by atoms with Crippen molar-refractivity contribution in [1.29, 1.82) is 0 Å². The molecule has 0 spiro atoms. The van der Waals surface area contributed by atoms with Crippen molar-refractivity contribution in [3.05, 3.63) is 0 Å². The molecule has 1 fully saturated rings. The third-order valence-corrected chi connectivity index (χ3v) is 5.35. The van der Waals surface area contributed by atoms with Gasteiger partial charge in [0.15, 0.2) is 0 Å². The second-order valence-electron chi connectivity index (χ2n) is 7.75. The Kier molecular flexibility index (Phi) is 5.79. The van der Waals surface area contributed by atoms with Crippen LogP contribution in [-0.4, -0.2) is 23.4 Å². The minimum atomic E-state index is -0.208. The molecule has 0 heterocycles. The van der Waals surface area contributed by atoms with E-state index in [0.717, 1.165) is 19.3 Å². The third kappa shape index (κ3) is 4.05. The number of Topliss-reactive ketones (excluding diaryl/α,β-unsaturated/α-hetero) is 1. The standard InChI is InChI=1S/C17H34N2O/c1-7-16(3,4)15(20)13-10-8-9-11-14(13)19-17(5,6)12(2)18/h12-14,19H,7-11,18H2,1-6H3. The lowest BCUT2D eigenvalue weighted by Gasteiger charge is -2.42. The first-order chi connectivity index (χ1) is 9.12. The Morgan fingerprint density at radius 3 is 2.30 bits per heavy atom. The van der Waals surface area contributed by atoms with Gasteiger partial charge in [0, 0.05) is 29.0 Å². The summed E-state index contributed by atoms with van der Waals surface area (Å²) in [5, 5.41) is 3.68. The Balaban J connectivity index is 2.85. The highest BCUT2D eigenvalue weighted by molar-refractivity contribution is 5.87. The van der Waals surface area contributed by atoms with Crippen molar-refractivity contribution in [1.82, 2.24) is 5.32 Å². The molecule has 3 unspecified atom stereocenters. The summed E-state index contributed by atoms with van der Waals surface area (Å²) in [7, 11) is 0. The molecule has 3 atom stereocenters. The van der Waals surface area contributed by atoms with Crippen molar-refractivity contribution in [3.8, 4) is 0 Å². The average molecular weight is 282 g/mol. The predicted octanol–water partition coefficient (Wildman–Crippen LogP) is 3.27. The fourth-order valence-electron chi connectivity index (χ4n) is 2.90. The maximum absolute atomic E-state index is 12.8. The van der Waals surface area contributed by atoms with E-state index in [-0.39, 0.29) is 29.0 Å². The molecule has 0 saturated heterocycles. The summed E-state index contributed by atoms with van der Waals surface area (Å²) in [5.41, 5.74) is 5.74. The van der Waals surface area contributed by atoms with Crippen LogP contribution in [-0.2, 0) is 4.79 Å². The highest BCUT2D eigenvalue weighted by Crippen LogP contribution is 2.34. The molecular formula is C17H34N2O. The first-order valence-electron chi connectivity index (χ1n) is 8.19. The predicted molar refractivity (Wildman–Crippen MR) is 85.7 cm³/mol. The second-order valence-corrected chi connectivity index (χ2v) is 7.75. The van der Waals surface area contributed by atoms with Gasteiger partial charge in [-0.1, -0.05) is 33.6 Å². The van der Waals surface area contributed by atoms with E-state index in [1.54, 1.807) is 0 Å². The average Bonchev–Trinajstić information content (AvgIpc) is 2.38. The van der Waals surface area contributed by atoms with Crippen LogP contribution in [0.1, 0.15) is 73.6 Å². The molecule has 0 radical (unpaired) electrons. The molecule has 0 bridgehead atoms. The summed E-state index contributed by atoms with van der Waals surface area (Å²) in [5.74, 6) is 0.578. The molecule has 1 rings (SSSR count). The van der Waals surface area contributed by atoms with E-state index in [4.69, 9.17) is 5.73 Å². The van der Waals surface area contributed by atoms with E-state index in [1.165, 1.54) is 12.8 Å². The summed E-state index contributed by atoms with van der Waals surface area (Å²) < 4.78 is 0. The molecule has 1 saturated carbocycles. The number of rotatable bonds is 6. The van der Waals surface area contributed by atoms with E-state index in [9.17, 15) is 4.79 Å². The lowest BCUT2D eigenvalue weighted by atomic mass is 9.71. The van der Waals surface area contributed by atoms with Gasteiger partial charge in [0.05, 0.1) is 0 Å². The molecular weight excluding hydrogens is 248 g/mol. The largest absolute Gasteiger partial charge is 0.326 e. The topological polar surface area (TPSA) is 55.1 Å². The normalized spacial score (nSPS) is 26.4. The van der Waals surface area contributed by atoms with Crippen LogP contribution >= 0.6 is 0 Å². The van der Waals surface area contributed by atoms with Gasteiger partial charge in [0.2, 0.25) is 0 Å². The monoisotopic (exact) mass is 282 g/mol. The van der Waals surface area contributed by atoms with Gasteiger partial charge in [-0.25, -0.2) is 0 Å². The lowest BCUT2D eigenvalue weighted by molar-refractivity contribution is -0.133. The molecule has 1 aliphatic carbocycles. The smallest absolute Gasteiger partial charge is 0.143 e. The fourth-order valence-corrected chi connectivity index (χ4v) is 2.90. The molecule has 1 aliphatic rings. The molecule has 0 amide bonds. The van der Waals surface area contributed by atoms with Crippen LogP contribution in [0.15, 0.2) is 0 Å². The van der Waals surface area contributed by atoms with Crippen molar-refractivity contribution < 1.29 is 4.79 Å². The molecule has 0 aromatic carbocycles. The summed E-state index contributed by atoms with van der Waals surface area (Å²) in [6, 6.07) is 0.349. The van der Waals surface area contributed by atoms with Crippen molar-refractivity contribution >= 4 is 5.78 Å². The Morgan fingerprint density at radius 1 is 1.25 bits per heavy atom. The first-order valence-corrected chi connectivity index (χ1v) is 8.19. The van der Waals surface area contributed by atoms with E-state index < -0.39 is 0 Å². The van der Waals surface area contributed by atoms with Gasteiger partial charge in [-0.3, -0.25) is 4.79 Å². The Morgan fingerprint density at radius 2 is 1.80 bits per heavy atom. The Labute approximate surface area is 125 Å². The number of ketones is 1. The van der Waals surface area contributed by atoms with Gasteiger partial charge < -0.3 is 11.1 Å². The maximum Gasteiger partial charge on any atom is 0.143 e. The van der Waals surface area contributed by atoms with Gasteiger partial charge >= 0.3 is 0 Å². The fraction of sp³-hybridized carbons (Fsp3) is 0.941. The van der Waals surface area contributed by atoms with E-state index in [1.807, 2.05) is 6.92 Å². The minimum Gasteiger partial charge on any atom is -0.326 e. The summed E-state index contributed by atoms with van der Waals surface area (Å²) in [6.07, 6.45) is 5.41. The van der Waals surface area contributed by atoms with Crippen LogP contribution in [0.3, 0.4) is 0 Å². The van der Waals surface area contributed by atoms with E-state index in [2.05, 4.69) is 39.9 Å². The van der Waals surface area contributed by atoms with Crippen molar-refractivity contribution in [2.45, 2.75) is 91.3 Å². The van der Waals surface area contributed by atoms with Crippen molar-refractivity contribution in [3.63, 3.8) is 0 Å². The minimum absolute atomic E-state index is 0.0689. The van der Waals surface area contributed by atoms with Crippen LogP contribution in [0.4, 0.5) is 0 Å². The first kappa shape index (κ1) is 17.6. The molecule has 3 N–H and O–H groups in total. The summed E-state index contributed by atoms with van der Waals surface area (Å²) in [6.45, 7) is 12.6. The molecule has 0 aliphatic heterocycles. The Hall–Kier alpha value is -0.410. The highest BCUT2D eigenvalue weighted by Gasteiger charge is 2.40. The number of carbonyl (C=O) groups excluding carboxylic acids is 1. The number of carbonyl (C=O) groups is 1. The number of hydrogen-bond donors (Lipinski definition) is 2. The van der Waals surface area contributed by atoms with E-state index in [0.29, 0.717) is 5.78 Å². The zero-order chi connectivity index (χ0) is 15.6. The molecule has 3 heteroatoms. The van der Waals surface area contributed by atoms with Crippen LogP contribution in [0.25, 0.3) is 0 Å². The molecule has 0 aromatic heterocycles. The van der Waals surface area contributed by atoms with Gasteiger partial charge in [0.25, 0.3) is 0 Å². The molecule has 20 heavy (non-hydrogen) atoms. The highest BCUT2D eigenvalue weighted by atomic mass is 16.1. The number of nitrogens with two attached hydrogens (primary N) is 1. The lowest BCUT2D eigenvalue weighted by Crippen LogP contribution is -2.59. The van der Waals surface area contributed by atoms with Gasteiger partial charge in [-0.05, 0) is 40.0 Å². The SMILES string of the molecule is CCC(C)(C)C(=O)C1CCCCC1NC(C)(C)C(C)N. The van der Waals surface area contributed by atoms with E-state index >= 15 is 0 Å². The van der Waals surface area contributed by atoms with Crippen LogP contribution in [0.2, 0.25) is 0 Å². The molecule has 0 aromatic rings. The molecule has 118 valence electrons. The van der Waals surface area contributed by atoms with Crippen LogP contribution in [0.5, 0.6) is 0 Å². The maximum atomic E-state index is 12.8. The Bertz CT molecular complexity index is 334. The molecule has 3 nitrogen and oxygen atoms in total. The summed E-state index contributed by atoms with van der Waals surface area (Å²) >= 11 is 0. The van der Waals surface area contributed by atoms with Crippen LogP contribution < -0.4 is 11.1 Å². The van der Waals surface area contributed by atoms with Gasteiger partial charge in [-0.15, -0.1) is 0 Å². The number of nitrogens with one attached hydrogen (secondary N) is 1. The zero-order valence-corrected chi connectivity index (χ0v) is 14.3. The van der Waals surface area contributed by atoms with Gasteiger partial charge in [0.1, 0.15) is 5.78 Å². The quantitative estimate of drug-likeness (QED) is 0.786. The summed E-state index contributed by atoms with van der Waals surface area (Å²) in [4.78, 5) is 12.8. The number of hydrogen-bond acceptors (Lipinski definition) is 3. The van der Waals surface area contributed by atoms with Crippen molar-refractivity contribution in [2.75, 3.05) is 0 Å². The van der Waals surface area contributed by atoms with Gasteiger partial charge in [-0.2, -0.15) is 0 Å². The second kappa shape index (κ2) is 6.57. The van der Waals surface area contributed by atoms with Crippen LogP contribution in [0, 0.1) is 11.3 Å². The zero-order valence-electron chi connectivity index (χ0n) is 14.3.